The largest absolute Gasteiger partial charge is 0.376 e. The lowest BCUT2D eigenvalue weighted by atomic mass is 9.62. The van der Waals surface area contributed by atoms with Gasteiger partial charge in [0.15, 0.2) is 5.60 Å². The molecule has 0 aliphatic carbocycles. The summed E-state index contributed by atoms with van der Waals surface area (Å²) >= 11 is 0. The highest BCUT2D eigenvalue weighted by molar-refractivity contribution is 5.86. The van der Waals surface area contributed by atoms with Gasteiger partial charge >= 0.3 is 0 Å². The number of hydrogen-bond donors (Lipinski definition) is 2. The van der Waals surface area contributed by atoms with Gasteiger partial charge in [0.05, 0.1) is 0 Å². The van der Waals surface area contributed by atoms with Gasteiger partial charge in [-0.3, -0.25) is 9.59 Å². The number of amides is 2. The van der Waals surface area contributed by atoms with E-state index in [2.05, 4.69) is 5.32 Å². The summed E-state index contributed by atoms with van der Waals surface area (Å²) < 4.78 is 13.4. The van der Waals surface area contributed by atoms with Gasteiger partial charge in [-0.15, -0.1) is 0 Å². The summed E-state index contributed by atoms with van der Waals surface area (Å²) in [7, 11) is 0. The number of hydrogen-bond acceptors (Lipinski definition) is 3. The van der Waals surface area contributed by atoms with Crippen molar-refractivity contribution < 1.29 is 19.1 Å². The Labute approximate surface area is 182 Å². The number of carbonyl (C=O) groups excluding carboxylic acids is 2. The van der Waals surface area contributed by atoms with Crippen LogP contribution in [0.2, 0.25) is 0 Å². The molecule has 2 N–H and O–H groups in total. The molecule has 0 unspecified atom stereocenters. The monoisotopic (exact) mass is 424 g/mol. The molecule has 0 radical (unpaired) electrons. The fourth-order valence-corrected chi connectivity index (χ4v) is 5.16. The number of aliphatic hydroxyl groups is 1. The third kappa shape index (κ3) is 4.09. The van der Waals surface area contributed by atoms with Crippen molar-refractivity contribution in [1.82, 2.24) is 10.2 Å². The average molecular weight is 425 g/mol. The summed E-state index contributed by atoms with van der Waals surface area (Å²) in [5, 5.41) is 14.0. The molecule has 1 spiro atoms. The predicted molar refractivity (Wildman–Crippen MR) is 116 cm³/mol. The number of rotatable bonds is 3. The Morgan fingerprint density at radius 2 is 1.87 bits per heavy atom. The van der Waals surface area contributed by atoms with Crippen LogP contribution in [0.25, 0.3) is 0 Å². The molecule has 6 heteroatoms. The lowest BCUT2D eigenvalue weighted by Gasteiger charge is -2.49. The molecule has 4 rings (SSSR count). The van der Waals surface area contributed by atoms with E-state index >= 15 is 0 Å². The maximum absolute atomic E-state index is 13.4. The second-order valence-electron chi connectivity index (χ2n) is 9.18. The number of nitrogens with one attached hydrogen (secondary N) is 1. The zero-order valence-electron chi connectivity index (χ0n) is 18.0. The van der Waals surface area contributed by atoms with Crippen molar-refractivity contribution in [3.05, 3.63) is 71.0 Å². The first-order chi connectivity index (χ1) is 14.7. The van der Waals surface area contributed by atoms with Crippen LogP contribution in [-0.4, -0.2) is 41.5 Å². The van der Waals surface area contributed by atoms with Gasteiger partial charge in [-0.1, -0.05) is 42.0 Å². The predicted octanol–water partition coefficient (Wildman–Crippen LogP) is 3.25. The summed E-state index contributed by atoms with van der Waals surface area (Å²) in [6.07, 6.45) is 1.72. The number of piperidine rings is 2. The van der Waals surface area contributed by atoms with Gasteiger partial charge in [-0.05, 0) is 55.4 Å². The Morgan fingerprint density at radius 1 is 1.19 bits per heavy atom. The van der Waals surface area contributed by atoms with Crippen LogP contribution in [-0.2, 0) is 15.2 Å². The van der Waals surface area contributed by atoms with E-state index in [4.69, 9.17) is 0 Å². The van der Waals surface area contributed by atoms with Gasteiger partial charge in [-0.25, -0.2) is 4.39 Å². The number of halogens is 1. The second-order valence-corrected chi connectivity index (χ2v) is 9.18. The van der Waals surface area contributed by atoms with Crippen molar-refractivity contribution in [2.75, 3.05) is 19.6 Å². The highest BCUT2D eigenvalue weighted by Gasteiger charge is 2.48. The quantitative estimate of drug-likeness (QED) is 0.795. The highest BCUT2D eigenvalue weighted by atomic mass is 19.1. The molecule has 0 saturated carbocycles. The molecule has 5 nitrogen and oxygen atoms in total. The van der Waals surface area contributed by atoms with Gasteiger partial charge in [0.2, 0.25) is 5.91 Å². The maximum atomic E-state index is 13.4. The zero-order chi connectivity index (χ0) is 22.2. The minimum atomic E-state index is -1.60. The molecule has 2 aromatic rings. The molecule has 2 heterocycles. The molecule has 2 aliphatic heterocycles. The van der Waals surface area contributed by atoms with Gasteiger partial charge in [0, 0.05) is 32.0 Å². The molecule has 164 valence electrons. The number of aryl methyl sites for hydroxylation is 1. The first-order valence-corrected chi connectivity index (χ1v) is 10.8. The van der Waals surface area contributed by atoms with Crippen molar-refractivity contribution in [2.45, 2.75) is 44.6 Å². The second kappa shape index (κ2) is 8.08. The molecule has 2 amide bonds. The van der Waals surface area contributed by atoms with Gasteiger partial charge in [-0.2, -0.15) is 0 Å². The smallest absolute Gasteiger partial charge is 0.258 e. The fraction of sp³-hybridized carbons (Fsp3) is 0.440. The molecular formula is C25H29FN2O3. The molecule has 31 heavy (non-hydrogen) atoms. The molecule has 2 aromatic carbocycles. The van der Waals surface area contributed by atoms with E-state index < -0.39 is 5.60 Å². The van der Waals surface area contributed by atoms with Gasteiger partial charge in [0.25, 0.3) is 5.91 Å². The van der Waals surface area contributed by atoms with Crippen LogP contribution in [0.5, 0.6) is 0 Å². The van der Waals surface area contributed by atoms with Crippen molar-refractivity contribution in [3.8, 4) is 0 Å². The first-order valence-electron chi connectivity index (χ1n) is 10.8. The Balaban J connectivity index is 1.53. The van der Waals surface area contributed by atoms with E-state index in [9.17, 15) is 19.1 Å². The molecule has 2 aliphatic rings. The van der Waals surface area contributed by atoms with Gasteiger partial charge < -0.3 is 15.3 Å². The van der Waals surface area contributed by atoms with Crippen LogP contribution in [0.1, 0.15) is 48.8 Å². The third-order valence-electron chi connectivity index (χ3n) is 7.07. The Bertz CT molecular complexity index is 979. The standard InChI is InChI=1S/C25H29FN2O3/c1-17-4-3-5-19(14-17)24(2,31)23(30)28-12-10-25(11-13-28)15-22(29)27-16-21(25)18-6-8-20(26)9-7-18/h3-9,14,21,31H,10-13,15-16H2,1-2H3,(H,27,29)/t21-,24+/m0/s1. The van der Waals surface area contributed by atoms with E-state index in [0.29, 0.717) is 44.5 Å². The summed E-state index contributed by atoms with van der Waals surface area (Å²) in [6.45, 7) is 4.94. The Morgan fingerprint density at radius 3 is 2.52 bits per heavy atom. The van der Waals surface area contributed by atoms with Crippen LogP contribution >= 0.6 is 0 Å². The van der Waals surface area contributed by atoms with E-state index in [1.54, 1.807) is 30.0 Å². The Hall–Kier alpha value is -2.73. The minimum absolute atomic E-state index is 0.0184. The summed E-state index contributed by atoms with van der Waals surface area (Å²) in [4.78, 5) is 27.2. The SMILES string of the molecule is Cc1cccc([C@@](C)(O)C(=O)N2CCC3(CC2)CC(=O)NC[C@H]3c2ccc(F)cc2)c1. The Kier molecular flexibility index (Phi) is 5.60. The number of likely N-dealkylation sites (tertiary alicyclic amines) is 1. The lowest BCUT2D eigenvalue weighted by molar-refractivity contribution is -0.154. The highest BCUT2D eigenvalue weighted by Crippen LogP contribution is 2.49. The van der Waals surface area contributed by atoms with Crippen LogP contribution in [0.3, 0.4) is 0 Å². The summed E-state index contributed by atoms with van der Waals surface area (Å²) in [5.41, 5.74) is 0.702. The van der Waals surface area contributed by atoms with Crippen molar-refractivity contribution in [3.63, 3.8) is 0 Å². The van der Waals surface area contributed by atoms with Crippen molar-refractivity contribution in [2.24, 2.45) is 5.41 Å². The molecule has 2 fully saturated rings. The van der Waals surface area contributed by atoms with E-state index in [1.165, 1.54) is 12.1 Å². The van der Waals surface area contributed by atoms with Crippen LogP contribution in [0.15, 0.2) is 48.5 Å². The van der Waals surface area contributed by atoms with Crippen LogP contribution in [0.4, 0.5) is 4.39 Å². The molecular weight excluding hydrogens is 395 g/mol. The van der Waals surface area contributed by atoms with E-state index in [0.717, 1.165) is 11.1 Å². The summed E-state index contributed by atoms with van der Waals surface area (Å²) in [6, 6.07) is 13.9. The first kappa shape index (κ1) is 21.5. The van der Waals surface area contributed by atoms with Gasteiger partial charge in [0.1, 0.15) is 5.82 Å². The maximum Gasteiger partial charge on any atom is 0.258 e. The number of nitrogens with zero attached hydrogens (tertiary/aromatic N) is 1. The summed E-state index contributed by atoms with van der Waals surface area (Å²) in [5.74, 6) is -0.506. The van der Waals surface area contributed by atoms with Crippen molar-refractivity contribution in [1.29, 1.82) is 0 Å². The average Bonchev–Trinajstić information content (AvgIpc) is 2.75. The van der Waals surface area contributed by atoms with Crippen LogP contribution in [0, 0.1) is 18.2 Å². The number of carbonyl (C=O) groups is 2. The minimum Gasteiger partial charge on any atom is -0.376 e. The molecule has 0 bridgehead atoms. The molecule has 0 aromatic heterocycles. The topological polar surface area (TPSA) is 69.6 Å². The molecule has 2 saturated heterocycles. The molecule has 2 atom stereocenters. The fourth-order valence-electron chi connectivity index (χ4n) is 5.16. The van der Waals surface area contributed by atoms with E-state index in [1.807, 2.05) is 25.1 Å². The number of benzene rings is 2. The van der Waals surface area contributed by atoms with E-state index in [-0.39, 0.29) is 29.0 Å². The third-order valence-corrected chi connectivity index (χ3v) is 7.07. The lowest BCUT2D eigenvalue weighted by Crippen LogP contribution is -2.55. The zero-order valence-corrected chi connectivity index (χ0v) is 18.0. The van der Waals surface area contributed by atoms with Crippen LogP contribution < -0.4 is 5.32 Å². The normalized spacial score (nSPS) is 22.6. The van der Waals surface area contributed by atoms with Crippen molar-refractivity contribution >= 4 is 11.8 Å².